The number of hydrogen-bond donors (Lipinski definition) is 2. The summed E-state index contributed by atoms with van der Waals surface area (Å²) in [5, 5.41) is 0. The van der Waals surface area contributed by atoms with Crippen LogP contribution in [0.2, 0.25) is 0 Å². The van der Waals surface area contributed by atoms with E-state index in [-0.39, 0.29) is 11.9 Å². The molecule has 0 radical (unpaired) electrons. The third-order valence-corrected chi connectivity index (χ3v) is 2.78. The summed E-state index contributed by atoms with van der Waals surface area (Å²) < 4.78 is 19.0. The smallest absolute Gasteiger partial charge is 0.131 e. The Hall–Kier alpha value is -1.39. The Morgan fingerprint density at radius 1 is 1.59 bits per heavy atom. The predicted molar refractivity (Wildman–Crippen MR) is 67.1 cm³/mol. The molecule has 3 N–H and O–H groups in total. The summed E-state index contributed by atoms with van der Waals surface area (Å²) in [7, 11) is 1.51. The lowest BCUT2D eigenvalue weighted by Gasteiger charge is -2.20. The van der Waals surface area contributed by atoms with E-state index < -0.39 is 0 Å². The molecule has 1 unspecified atom stereocenters. The van der Waals surface area contributed by atoms with E-state index in [2.05, 4.69) is 12.0 Å². The SMILES string of the molecule is C=C(CC)CC(NN)c1c(F)cccc1OC. The molecule has 0 bridgehead atoms. The highest BCUT2D eigenvalue weighted by Gasteiger charge is 2.19. The molecular weight excluding hydrogens is 219 g/mol. The van der Waals surface area contributed by atoms with E-state index in [1.54, 1.807) is 12.1 Å². The third-order valence-electron chi connectivity index (χ3n) is 2.78. The van der Waals surface area contributed by atoms with Gasteiger partial charge in [-0.15, -0.1) is 0 Å². The van der Waals surface area contributed by atoms with Crippen molar-refractivity contribution in [3.63, 3.8) is 0 Å². The van der Waals surface area contributed by atoms with Gasteiger partial charge < -0.3 is 4.74 Å². The second kappa shape index (κ2) is 6.37. The summed E-state index contributed by atoms with van der Waals surface area (Å²) in [6.45, 7) is 5.92. The summed E-state index contributed by atoms with van der Waals surface area (Å²) in [6.07, 6.45) is 1.43. The molecule has 0 aliphatic carbocycles. The number of methoxy groups -OCH3 is 1. The highest BCUT2D eigenvalue weighted by atomic mass is 19.1. The number of halogens is 1. The average molecular weight is 238 g/mol. The number of rotatable bonds is 6. The van der Waals surface area contributed by atoms with Gasteiger partial charge >= 0.3 is 0 Å². The molecule has 0 aromatic heterocycles. The number of nitrogens with two attached hydrogens (primary N) is 1. The maximum atomic E-state index is 13.8. The van der Waals surface area contributed by atoms with E-state index in [0.717, 1.165) is 12.0 Å². The van der Waals surface area contributed by atoms with Crippen molar-refractivity contribution in [3.8, 4) is 5.75 Å². The predicted octanol–water partition coefficient (Wildman–Crippen LogP) is 2.70. The fraction of sp³-hybridized carbons (Fsp3) is 0.385. The van der Waals surface area contributed by atoms with E-state index in [1.165, 1.54) is 13.2 Å². The van der Waals surface area contributed by atoms with Gasteiger partial charge in [-0.05, 0) is 25.0 Å². The van der Waals surface area contributed by atoms with E-state index in [1.807, 2.05) is 6.92 Å². The van der Waals surface area contributed by atoms with Gasteiger partial charge in [0.1, 0.15) is 11.6 Å². The molecule has 4 heteroatoms. The molecule has 1 aromatic carbocycles. The molecule has 1 atom stereocenters. The Kier molecular flexibility index (Phi) is 5.12. The molecule has 1 rings (SSSR count). The summed E-state index contributed by atoms with van der Waals surface area (Å²) >= 11 is 0. The minimum atomic E-state index is -0.323. The minimum absolute atomic E-state index is 0.321. The van der Waals surface area contributed by atoms with Crippen LogP contribution in [-0.2, 0) is 0 Å². The molecule has 0 heterocycles. The van der Waals surface area contributed by atoms with Crippen LogP contribution in [-0.4, -0.2) is 7.11 Å². The van der Waals surface area contributed by atoms with E-state index in [4.69, 9.17) is 10.6 Å². The topological polar surface area (TPSA) is 47.3 Å². The second-order valence-electron chi connectivity index (χ2n) is 3.88. The molecule has 0 saturated carbocycles. The lowest BCUT2D eigenvalue weighted by molar-refractivity contribution is 0.390. The van der Waals surface area contributed by atoms with Gasteiger partial charge in [-0.3, -0.25) is 11.3 Å². The molecule has 0 aliphatic heterocycles. The highest BCUT2D eigenvalue weighted by molar-refractivity contribution is 5.37. The molecule has 0 aliphatic rings. The zero-order valence-electron chi connectivity index (χ0n) is 10.3. The Bertz CT molecular complexity index is 393. The standard InChI is InChI=1S/C13H19FN2O/c1-4-9(2)8-11(16-15)13-10(14)6-5-7-12(13)17-3/h5-7,11,16H,2,4,8,15H2,1,3H3. The first-order valence-corrected chi connectivity index (χ1v) is 5.59. The first kappa shape index (κ1) is 13.7. The van der Waals surface area contributed by atoms with Crippen LogP contribution in [0.25, 0.3) is 0 Å². The van der Waals surface area contributed by atoms with Crippen LogP contribution in [0.5, 0.6) is 5.75 Å². The van der Waals surface area contributed by atoms with Gasteiger partial charge in [-0.25, -0.2) is 4.39 Å². The molecule has 94 valence electrons. The molecule has 17 heavy (non-hydrogen) atoms. The van der Waals surface area contributed by atoms with Crippen molar-refractivity contribution in [3.05, 3.63) is 41.7 Å². The van der Waals surface area contributed by atoms with Crippen LogP contribution in [0.4, 0.5) is 4.39 Å². The van der Waals surface area contributed by atoms with E-state index >= 15 is 0 Å². The van der Waals surface area contributed by atoms with Crippen LogP contribution in [0.3, 0.4) is 0 Å². The van der Waals surface area contributed by atoms with E-state index in [0.29, 0.717) is 17.7 Å². The van der Waals surface area contributed by atoms with Gasteiger partial charge in [-0.2, -0.15) is 0 Å². The Morgan fingerprint density at radius 2 is 2.29 bits per heavy atom. The zero-order valence-corrected chi connectivity index (χ0v) is 10.3. The van der Waals surface area contributed by atoms with Crippen LogP contribution in [0, 0.1) is 5.82 Å². The Labute approximate surface area is 101 Å². The van der Waals surface area contributed by atoms with Crippen LogP contribution in [0.1, 0.15) is 31.4 Å². The minimum Gasteiger partial charge on any atom is -0.496 e. The van der Waals surface area contributed by atoms with Crippen molar-refractivity contribution < 1.29 is 9.13 Å². The van der Waals surface area contributed by atoms with E-state index in [9.17, 15) is 4.39 Å². The highest BCUT2D eigenvalue weighted by Crippen LogP contribution is 2.31. The van der Waals surface area contributed by atoms with Gasteiger partial charge in [0.05, 0.1) is 13.2 Å². The Balaban J connectivity index is 3.06. The fourth-order valence-electron chi connectivity index (χ4n) is 1.71. The lowest BCUT2D eigenvalue weighted by atomic mass is 9.97. The quantitative estimate of drug-likeness (QED) is 0.455. The van der Waals surface area contributed by atoms with Crippen molar-refractivity contribution in [1.82, 2.24) is 5.43 Å². The molecule has 0 spiro atoms. The average Bonchev–Trinajstić information content (AvgIpc) is 2.35. The molecule has 0 saturated heterocycles. The third kappa shape index (κ3) is 3.28. The van der Waals surface area contributed by atoms with Crippen LogP contribution in [0.15, 0.2) is 30.4 Å². The normalized spacial score (nSPS) is 12.2. The van der Waals surface area contributed by atoms with Crippen LogP contribution < -0.4 is 16.0 Å². The van der Waals surface area contributed by atoms with Crippen molar-refractivity contribution in [2.45, 2.75) is 25.8 Å². The fourth-order valence-corrected chi connectivity index (χ4v) is 1.71. The summed E-state index contributed by atoms with van der Waals surface area (Å²) in [5.74, 6) is 5.66. The number of ether oxygens (including phenoxy) is 1. The van der Waals surface area contributed by atoms with Gasteiger partial charge in [-0.1, -0.05) is 25.1 Å². The van der Waals surface area contributed by atoms with Gasteiger partial charge in [0, 0.05) is 5.56 Å². The summed E-state index contributed by atoms with van der Waals surface area (Å²) in [4.78, 5) is 0. The first-order chi connectivity index (χ1) is 8.13. The maximum absolute atomic E-state index is 13.8. The summed E-state index contributed by atoms with van der Waals surface area (Å²) in [5.41, 5.74) is 4.08. The lowest BCUT2D eigenvalue weighted by Crippen LogP contribution is -2.29. The van der Waals surface area contributed by atoms with Crippen molar-refractivity contribution in [2.24, 2.45) is 5.84 Å². The second-order valence-corrected chi connectivity index (χ2v) is 3.88. The zero-order chi connectivity index (χ0) is 12.8. The van der Waals surface area contributed by atoms with Gasteiger partial charge in [0.15, 0.2) is 0 Å². The number of benzene rings is 1. The summed E-state index contributed by atoms with van der Waals surface area (Å²) in [6, 6.07) is 4.41. The Morgan fingerprint density at radius 3 is 2.82 bits per heavy atom. The molecule has 3 nitrogen and oxygen atoms in total. The van der Waals surface area contributed by atoms with Gasteiger partial charge in [0.2, 0.25) is 0 Å². The molecule has 1 aromatic rings. The molecule has 0 fully saturated rings. The number of hydrogen-bond acceptors (Lipinski definition) is 3. The van der Waals surface area contributed by atoms with Crippen molar-refractivity contribution in [2.75, 3.05) is 7.11 Å². The monoisotopic (exact) mass is 238 g/mol. The molecular formula is C13H19FN2O. The van der Waals surface area contributed by atoms with Crippen LogP contribution >= 0.6 is 0 Å². The van der Waals surface area contributed by atoms with Crippen molar-refractivity contribution >= 4 is 0 Å². The molecule has 0 amide bonds. The van der Waals surface area contributed by atoms with Gasteiger partial charge in [0.25, 0.3) is 0 Å². The first-order valence-electron chi connectivity index (χ1n) is 5.59. The number of nitrogens with one attached hydrogen (secondary N) is 1. The largest absolute Gasteiger partial charge is 0.496 e. The number of hydrazine groups is 1. The van der Waals surface area contributed by atoms with Crippen molar-refractivity contribution in [1.29, 1.82) is 0 Å². The maximum Gasteiger partial charge on any atom is 0.131 e.